The number of halogens is 1. The van der Waals surface area contributed by atoms with Gasteiger partial charge in [-0.25, -0.2) is 5.43 Å². The second-order valence-electron chi connectivity index (χ2n) is 6.67. The Morgan fingerprint density at radius 2 is 1.71 bits per heavy atom. The number of nitriles is 1. The quantitative estimate of drug-likeness (QED) is 0.381. The summed E-state index contributed by atoms with van der Waals surface area (Å²) in [6.07, 6.45) is 2.99. The highest BCUT2D eigenvalue weighted by Crippen LogP contribution is 2.23. The second-order valence-corrected chi connectivity index (χ2v) is 7.11. The van der Waals surface area contributed by atoms with Gasteiger partial charge in [-0.05, 0) is 48.0 Å². The molecule has 1 aromatic heterocycles. The van der Waals surface area contributed by atoms with Crippen LogP contribution in [-0.2, 0) is 0 Å². The number of aromatic nitrogens is 1. The fraction of sp³-hybridized carbons (Fsp3) is 0. The number of fused-ring (bicyclic) bond motifs is 1. The van der Waals surface area contributed by atoms with Crippen LogP contribution < -0.4 is 5.43 Å². The number of amides is 1. The summed E-state index contributed by atoms with van der Waals surface area (Å²) in [5, 5.41) is 14.0. The molecule has 0 atom stereocenters. The number of nitrogens with one attached hydrogen (secondary N) is 1. The third-order valence-electron chi connectivity index (χ3n) is 4.69. The molecule has 1 amide bonds. The second kappa shape index (κ2) is 8.66. The van der Waals surface area contributed by atoms with Crippen LogP contribution in [0.2, 0.25) is 5.02 Å². The van der Waals surface area contributed by atoms with Gasteiger partial charge in [0.15, 0.2) is 0 Å². The van der Waals surface area contributed by atoms with Crippen molar-refractivity contribution in [1.82, 2.24) is 9.99 Å². The van der Waals surface area contributed by atoms with Crippen LogP contribution in [0.4, 0.5) is 0 Å². The van der Waals surface area contributed by atoms with Gasteiger partial charge in [-0.3, -0.25) is 14.2 Å². The minimum atomic E-state index is -0.441. The standard InChI is InChI=1S/C24H15ClN4O2/c25-19-11-9-18(10-12-19)24(31)29-15-21(20-3-1-2-4-22(20)29)23(30)28-27-14-17-7-5-16(13-26)6-8-17/h1-12,14-15H,(H,28,30)/b27-14+. The molecule has 3 aromatic carbocycles. The van der Waals surface area contributed by atoms with E-state index < -0.39 is 5.91 Å². The zero-order valence-corrected chi connectivity index (χ0v) is 16.9. The number of para-hydroxylation sites is 1. The maximum atomic E-state index is 13.0. The highest BCUT2D eigenvalue weighted by atomic mass is 35.5. The molecule has 1 N–H and O–H groups in total. The number of hydrazone groups is 1. The molecule has 0 aliphatic heterocycles. The molecule has 150 valence electrons. The zero-order valence-electron chi connectivity index (χ0n) is 16.1. The first kappa shape index (κ1) is 20.1. The van der Waals surface area contributed by atoms with Crippen molar-refractivity contribution in [1.29, 1.82) is 5.26 Å². The van der Waals surface area contributed by atoms with E-state index in [0.717, 1.165) is 5.56 Å². The van der Waals surface area contributed by atoms with Gasteiger partial charge in [0.25, 0.3) is 11.8 Å². The lowest BCUT2D eigenvalue weighted by Gasteiger charge is -2.04. The summed E-state index contributed by atoms with van der Waals surface area (Å²) < 4.78 is 1.44. The molecule has 0 aliphatic carbocycles. The largest absolute Gasteiger partial charge is 0.282 e. The first-order chi connectivity index (χ1) is 15.1. The Morgan fingerprint density at radius 3 is 2.42 bits per heavy atom. The van der Waals surface area contributed by atoms with Crippen molar-refractivity contribution in [3.63, 3.8) is 0 Å². The molecule has 0 radical (unpaired) electrons. The van der Waals surface area contributed by atoms with Crippen LogP contribution in [0.25, 0.3) is 10.9 Å². The van der Waals surface area contributed by atoms with E-state index in [2.05, 4.69) is 10.5 Å². The number of carbonyl (C=O) groups excluding carboxylic acids is 2. The van der Waals surface area contributed by atoms with E-state index >= 15 is 0 Å². The molecule has 31 heavy (non-hydrogen) atoms. The number of nitrogens with zero attached hydrogens (tertiary/aromatic N) is 3. The topological polar surface area (TPSA) is 87.2 Å². The van der Waals surface area contributed by atoms with Crippen molar-refractivity contribution in [2.45, 2.75) is 0 Å². The lowest BCUT2D eigenvalue weighted by atomic mass is 10.1. The van der Waals surface area contributed by atoms with Crippen LogP contribution >= 0.6 is 11.6 Å². The van der Waals surface area contributed by atoms with Crippen molar-refractivity contribution in [3.05, 3.63) is 106 Å². The van der Waals surface area contributed by atoms with E-state index in [1.165, 1.54) is 17.0 Å². The number of rotatable bonds is 4. The molecule has 6 nitrogen and oxygen atoms in total. The van der Waals surface area contributed by atoms with Crippen LogP contribution in [0.15, 0.2) is 84.1 Å². The Hall–Kier alpha value is -4.21. The number of benzene rings is 3. The molecule has 0 saturated heterocycles. The van der Waals surface area contributed by atoms with Crippen molar-refractivity contribution >= 4 is 40.5 Å². The summed E-state index contributed by atoms with van der Waals surface area (Å²) in [5.74, 6) is -0.711. The first-order valence-corrected chi connectivity index (χ1v) is 9.68. The highest BCUT2D eigenvalue weighted by Gasteiger charge is 2.19. The smallest absolute Gasteiger partial charge is 0.273 e. The summed E-state index contributed by atoms with van der Waals surface area (Å²) in [5.41, 5.74) is 5.17. The van der Waals surface area contributed by atoms with Gasteiger partial charge in [0.2, 0.25) is 0 Å². The summed E-state index contributed by atoms with van der Waals surface area (Å²) in [6.45, 7) is 0. The van der Waals surface area contributed by atoms with Gasteiger partial charge in [0.05, 0.1) is 28.9 Å². The molecule has 0 aliphatic rings. The van der Waals surface area contributed by atoms with Crippen molar-refractivity contribution in [3.8, 4) is 6.07 Å². The summed E-state index contributed by atoms with van der Waals surface area (Å²) in [6, 6.07) is 22.6. The van der Waals surface area contributed by atoms with Crippen LogP contribution in [-0.4, -0.2) is 22.6 Å². The lowest BCUT2D eigenvalue weighted by molar-refractivity contribution is 0.0956. The Bertz CT molecular complexity index is 1350. The van der Waals surface area contributed by atoms with Gasteiger partial charge >= 0.3 is 0 Å². The van der Waals surface area contributed by atoms with E-state index in [4.69, 9.17) is 16.9 Å². The summed E-state index contributed by atoms with van der Waals surface area (Å²) in [4.78, 5) is 25.8. The predicted molar refractivity (Wildman–Crippen MR) is 119 cm³/mol. The van der Waals surface area contributed by atoms with Crippen molar-refractivity contribution in [2.75, 3.05) is 0 Å². The SMILES string of the molecule is N#Cc1ccc(/C=N/NC(=O)c2cn(C(=O)c3ccc(Cl)cc3)c3ccccc23)cc1. The minimum absolute atomic E-state index is 0.270. The van der Waals surface area contributed by atoms with Crippen LogP contribution in [0.1, 0.15) is 31.8 Å². The third kappa shape index (κ3) is 4.22. The summed E-state index contributed by atoms with van der Waals surface area (Å²) >= 11 is 5.91. The van der Waals surface area contributed by atoms with E-state index in [-0.39, 0.29) is 5.91 Å². The maximum Gasteiger partial charge on any atom is 0.273 e. The van der Waals surface area contributed by atoms with Crippen LogP contribution in [0, 0.1) is 11.3 Å². The van der Waals surface area contributed by atoms with Gasteiger partial charge in [-0.1, -0.05) is 41.9 Å². The van der Waals surface area contributed by atoms with Gasteiger partial charge in [-0.15, -0.1) is 0 Å². The molecule has 0 unspecified atom stereocenters. The van der Waals surface area contributed by atoms with Gasteiger partial charge in [0.1, 0.15) is 0 Å². The molecule has 4 rings (SSSR count). The monoisotopic (exact) mass is 426 g/mol. The molecule has 0 spiro atoms. The number of hydrogen-bond acceptors (Lipinski definition) is 4. The highest BCUT2D eigenvalue weighted by molar-refractivity contribution is 6.30. The average Bonchev–Trinajstić information content (AvgIpc) is 3.19. The Morgan fingerprint density at radius 1 is 1.00 bits per heavy atom. The van der Waals surface area contributed by atoms with Crippen molar-refractivity contribution < 1.29 is 9.59 Å². The molecule has 4 aromatic rings. The third-order valence-corrected chi connectivity index (χ3v) is 4.94. The van der Waals surface area contributed by atoms with Gasteiger partial charge in [0, 0.05) is 22.2 Å². The van der Waals surface area contributed by atoms with Crippen LogP contribution in [0.5, 0.6) is 0 Å². The molecule has 7 heteroatoms. The predicted octanol–water partition coefficient (Wildman–Crippen LogP) is 4.62. The average molecular weight is 427 g/mol. The Kier molecular flexibility index (Phi) is 5.61. The summed E-state index contributed by atoms with van der Waals surface area (Å²) in [7, 11) is 0. The van der Waals surface area contributed by atoms with Crippen molar-refractivity contribution in [2.24, 2.45) is 5.10 Å². The molecule has 0 bridgehead atoms. The van der Waals surface area contributed by atoms with E-state index in [1.807, 2.05) is 6.07 Å². The molecule has 1 heterocycles. The molecular formula is C24H15ClN4O2. The maximum absolute atomic E-state index is 13.0. The van der Waals surface area contributed by atoms with Gasteiger partial charge in [-0.2, -0.15) is 10.4 Å². The van der Waals surface area contributed by atoms with Gasteiger partial charge < -0.3 is 0 Å². The van der Waals surface area contributed by atoms with E-state index in [0.29, 0.717) is 32.6 Å². The lowest BCUT2D eigenvalue weighted by Crippen LogP contribution is -2.17. The van der Waals surface area contributed by atoms with Crippen LogP contribution in [0.3, 0.4) is 0 Å². The fourth-order valence-electron chi connectivity index (χ4n) is 3.13. The zero-order chi connectivity index (χ0) is 21.8. The molecular weight excluding hydrogens is 412 g/mol. The molecule has 0 fully saturated rings. The van der Waals surface area contributed by atoms with E-state index in [1.54, 1.807) is 72.8 Å². The number of hydrogen-bond donors (Lipinski definition) is 1. The Labute approximate surface area is 183 Å². The minimum Gasteiger partial charge on any atom is -0.282 e. The fourth-order valence-corrected chi connectivity index (χ4v) is 3.26. The Balaban J connectivity index is 1.61. The number of carbonyl (C=O) groups is 2. The normalized spacial score (nSPS) is 10.8. The first-order valence-electron chi connectivity index (χ1n) is 9.31. The molecule has 0 saturated carbocycles. The van der Waals surface area contributed by atoms with E-state index in [9.17, 15) is 9.59 Å².